The Kier molecular flexibility index (Phi) is 2.42. The minimum atomic E-state index is -0.819. The van der Waals surface area contributed by atoms with Gasteiger partial charge in [-0.15, -0.1) is 0 Å². The Balaban J connectivity index is 2.73. The van der Waals surface area contributed by atoms with Crippen LogP contribution in [0.3, 0.4) is 0 Å². The van der Waals surface area contributed by atoms with Gasteiger partial charge in [0.2, 0.25) is 0 Å². The number of thioether (sulfide) groups is 1. The first kappa shape index (κ1) is 8.44. The third-order valence-electron chi connectivity index (χ3n) is 1.17. The molecule has 1 rings (SSSR count). The van der Waals surface area contributed by atoms with Crippen molar-refractivity contribution in [3.8, 4) is 6.07 Å². The zero-order chi connectivity index (χ0) is 8.32. The van der Waals surface area contributed by atoms with Gasteiger partial charge in [-0.25, -0.2) is 4.99 Å². The number of rotatable bonds is 1. The Morgan fingerprint density at radius 2 is 2.64 bits per heavy atom. The van der Waals surface area contributed by atoms with Gasteiger partial charge in [-0.1, -0.05) is 23.4 Å². The molecule has 0 spiro atoms. The van der Waals surface area contributed by atoms with Gasteiger partial charge in [0, 0.05) is 12.4 Å². The average Bonchev–Trinajstić information content (AvgIpc) is 2.06. The lowest BCUT2D eigenvalue weighted by atomic mass is 10.3. The van der Waals surface area contributed by atoms with Crippen LogP contribution in [0.1, 0.15) is 0 Å². The summed E-state index contributed by atoms with van der Waals surface area (Å²) in [5.41, 5.74) is 0.482. The molecule has 0 fully saturated rings. The number of nitrogens with one attached hydrogen (secondary N) is 1. The molecule has 0 radical (unpaired) electrons. The molecular weight excluding hydrogens is 182 g/mol. The van der Waals surface area contributed by atoms with Crippen molar-refractivity contribution in [1.82, 2.24) is 5.32 Å². The molecule has 0 aliphatic carbocycles. The molecule has 3 nitrogen and oxygen atoms in total. The average molecular weight is 188 g/mol. The van der Waals surface area contributed by atoms with Gasteiger partial charge in [-0.2, -0.15) is 5.26 Å². The van der Waals surface area contributed by atoms with Crippen molar-refractivity contribution in [2.24, 2.45) is 4.99 Å². The zero-order valence-corrected chi connectivity index (χ0v) is 7.41. The summed E-state index contributed by atoms with van der Waals surface area (Å²) in [6.07, 6.45) is 4.85. The van der Waals surface area contributed by atoms with Crippen molar-refractivity contribution in [1.29, 1.82) is 5.26 Å². The highest BCUT2D eigenvalue weighted by Gasteiger charge is 2.24. The monoisotopic (exact) mass is 187 g/mol. The van der Waals surface area contributed by atoms with Gasteiger partial charge in [0.05, 0.1) is 5.57 Å². The van der Waals surface area contributed by atoms with Crippen molar-refractivity contribution in [3.63, 3.8) is 0 Å². The standard InChI is InChI=1S/C6H6ClN3S/c1-11-6(7)9-3-5(2-8)4-10-6/h3-4,9H,1H3. The molecule has 1 aliphatic heterocycles. The Bertz CT molecular complexity index is 255. The first-order valence-corrected chi connectivity index (χ1v) is 4.48. The van der Waals surface area contributed by atoms with Crippen LogP contribution >= 0.6 is 23.4 Å². The fourth-order valence-electron chi connectivity index (χ4n) is 0.567. The molecule has 0 aromatic heterocycles. The molecule has 58 valence electrons. The van der Waals surface area contributed by atoms with E-state index < -0.39 is 4.45 Å². The summed E-state index contributed by atoms with van der Waals surface area (Å²) in [5, 5.41) is 11.2. The summed E-state index contributed by atoms with van der Waals surface area (Å²) >= 11 is 7.24. The minimum absolute atomic E-state index is 0.482. The molecule has 0 bridgehead atoms. The van der Waals surface area contributed by atoms with Crippen LogP contribution in [0.4, 0.5) is 0 Å². The van der Waals surface area contributed by atoms with Gasteiger partial charge in [0.25, 0.3) is 4.45 Å². The highest BCUT2D eigenvalue weighted by atomic mass is 35.5. The van der Waals surface area contributed by atoms with Crippen LogP contribution in [0.2, 0.25) is 0 Å². The van der Waals surface area contributed by atoms with Crippen LogP contribution < -0.4 is 5.32 Å². The van der Waals surface area contributed by atoms with Crippen molar-refractivity contribution in [3.05, 3.63) is 11.8 Å². The number of aliphatic imine (C=N–C) groups is 1. The quantitative estimate of drug-likeness (QED) is 0.497. The molecule has 11 heavy (non-hydrogen) atoms. The maximum absolute atomic E-state index is 8.43. The number of allylic oxidation sites excluding steroid dienone is 1. The lowest BCUT2D eigenvalue weighted by Gasteiger charge is -2.22. The number of halogens is 1. The lowest BCUT2D eigenvalue weighted by Crippen LogP contribution is -2.32. The van der Waals surface area contributed by atoms with E-state index in [0.717, 1.165) is 0 Å². The molecule has 0 aromatic rings. The van der Waals surface area contributed by atoms with E-state index in [1.807, 2.05) is 12.3 Å². The van der Waals surface area contributed by atoms with E-state index in [1.165, 1.54) is 18.0 Å². The lowest BCUT2D eigenvalue weighted by molar-refractivity contribution is 0.744. The first-order chi connectivity index (χ1) is 5.20. The van der Waals surface area contributed by atoms with Gasteiger partial charge in [-0.3, -0.25) is 0 Å². The van der Waals surface area contributed by atoms with Crippen molar-refractivity contribution in [2.45, 2.75) is 4.45 Å². The van der Waals surface area contributed by atoms with Crippen molar-refractivity contribution in [2.75, 3.05) is 6.26 Å². The molecule has 1 N–H and O–H groups in total. The van der Waals surface area contributed by atoms with E-state index in [0.29, 0.717) is 5.57 Å². The third-order valence-corrected chi connectivity index (χ3v) is 2.61. The van der Waals surface area contributed by atoms with Crippen LogP contribution in [-0.4, -0.2) is 16.9 Å². The second-order valence-electron chi connectivity index (χ2n) is 1.88. The summed E-state index contributed by atoms with van der Waals surface area (Å²) < 4.78 is -0.819. The Morgan fingerprint density at radius 3 is 3.00 bits per heavy atom. The Labute approximate surface area is 74.1 Å². The highest BCUT2D eigenvalue weighted by Crippen LogP contribution is 2.27. The fraction of sp³-hybridized carbons (Fsp3) is 0.333. The third kappa shape index (κ3) is 1.88. The summed E-state index contributed by atoms with van der Waals surface area (Å²) in [6.45, 7) is 0. The van der Waals surface area contributed by atoms with Crippen molar-refractivity contribution >= 4 is 29.6 Å². The van der Waals surface area contributed by atoms with Gasteiger partial charge in [-0.05, 0) is 6.26 Å². The summed E-state index contributed by atoms with van der Waals surface area (Å²) in [7, 11) is 0. The molecule has 0 saturated carbocycles. The van der Waals surface area contributed by atoms with E-state index >= 15 is 0 Å². The van der Waals surface area contributed by atoms with E-state index in [2.05, 4.69) is 10.3 Å². The molecule has 1 heterocycles. The molecule has 1 atom stereocenters. The topological polar surface area (TPSA) is 48.2 Å². The SMILES string of the molecule is CSC1(Cl)N=CC(C#N)=CN1. The second-order valence-corrected chi connectivity index (χ2v) is 3.65. The molecule has 0 saturated heterocycles. The molecule has 0 amide bonds. The smallest absolute Gasteiger partial charge is 0.255 e. The summed E-state index contributed by atoms with van der Waals surface area (Å²) in [5.74, 6) is 0. The van der Waals surface area contributed by atoms with Gasteiger partial charge in [0.15, 0.2) is 0 Å². The molecule has 1 unspecified atom stereocenters. The van der Waals surface area contributed by atoms with E-state index in [9.17, 15) is 0 Å². The maximum atomic E-state index is 8.43. The van der Waals surface area contributed by atoms with Gasteiger partial charge in [0.1, 0.15) is 6.07 Å². The van der Waals surface area contributed by atoms with Gasteiger partial charge >= 0.3 is 0 Å². The highest BCUT2D eigenvalue weighted by molar-refractivity contribution is 8.01. The van der Waals surface area contributed by atoms with Gasteiger partial charge < -0.3 is 5.32 Å². The number of alkyl halides is 1. The zero-order valence-electron chi connectivity index (χ0n) is 5.84. The van der Waals surface area contributed by atoms with Crippen LogP contribution in [0, 0.1) is 11.3 Å². The number of hydrogen-bond acceptors (Lipinski definition) is 4. The Morgan fingerprint density at radius 1 is 1.91 bits per heavy atom. The summed E-state index contributed by atoms with van der Waals surface area (Å²) in [4.78, 5) is 3.93. The van der Waals surface area contributed by atoms with E-state index in [1.54, 1.807) is 6.20 Å². The van der Waals surface area contributed by atoms with Crippen LogP contribution in [0.5, 0.6) is 0 Å². The van der Waals surface area contributed by atoms with Crippen LogP contribution in [-0.2, 0) is 0 Å². The second kappa shape index (κ2) is 3.16. The predicted molar refractivity (Wildman–Crippen MR) is 47.4 cm³/mol. The summed E-state index contributed by atoms with van der Waals surface area (Å²) in [6, 6.07) is 1.95. The fourth-order valence-corrected chi connectivity index (χ4v) is 1.00. The van der Waals surface area contributed by atoms with Crippen LogP contribution in [0.25, 0.3) is 0 Å². The molecule has 1 aliphatic rings. The number of nitriles is 1. The number of nitrogens with zero attached hydrogens (tertiary/aromatic N) is 2. The largest absolute Gasteiger partial charge is 0.345 e. The Hall–Kier alpha value is -0.660. The van der Waals surface area contributed by atoms with E-state index in [-0.39, 0.29) is 0 Å². The first-order valence-electron chi connectivity index (χ1n) is 2.87. The normalized spacial score (nSPS) is 28.6. The number of hydrogen-bond donors (Lipinski definition) is 1. The van der Waals surface area contributed by atoms with Crippen LogP contribution in [0.15, 0.2) is 16.8 Å². The molecule has 5 heteroatoms. The van der Waals surface area contributed by atoms with E-state index in [4.69, 9.17) is 16.9 Å². The predicted octanol–water partition coefficient (Wildman–Crippen LogP) is 1.28. The molecule has 0 aromatic carbocycles. The maximum Gasteiger partial charge on any atom is 0.255 e. The molecular formula is C6H6ClN3S. The van der Waals surface area contributed by atoms with Crippen molar-refractivity contribution < 1.29 is 0 Å². The minimum Gasteiger partial charge on any atom is -0.345 e.